The Labute approximate surface area is 182 Å². The van der Waals surface area contributed by atoms with E-state index in [9.17, 15) is 4.79 Å². The van der Waals surface area contributed by atoms with Crippen LogP contribution in [0.25, 0.3) is 17.3 Å². The number of anilines is 1. The van der Waals surface area contributed by atoms with Crippen molar-refractivity contribution in [3.05, 3.63) is 71.9 Å². The molecule has 0 radical (unpaired) electrons. The Kier molecular flexibility index (Phi) is 6.06. The first-order valence-electron chi connectivity index (χ1n) is 8.96. The summed E-state index contributed by atoms with van der Waals surface area (Å²) in [6, 6.07) is 18.1. The molecule has 1 amide bonds. The smallest absolute Gasteiger partial charge is 0.234 e. The fourth-order valence-corrected chi connectivity index (χ4v) is 3.73. The first-order chi connectivity index (χ1) is 14.6. The molecular weight excluding hydrogens is 424 g/mol. The van der Waals surface area contributed by atoms with Gasteiger partial charge in [-0.25, -0.2) is 0 Å². The van der Waals surface area contributed by atoms with E-state index in [4.69, 9.17) is 20.8 Å². The van der Waals surface area contributed by atoms with Crippen molar-refractivity contribution in [1.82, 2.24) is 14.8 Å². The molecular formula is C21H17ClN4O3S. The zero-order valence-electron chi connectivity index (χ0n) is 15.9. The van der Waals surface area contributed by atoms with Crippen molar-refractivity contribution in [3.63, 3.8) is 0 Å². The average Bonchev–Trinajstić information content (AvgIpc) is 3.42. The summed E-state index contributed by atoms with van der Waals surface area (Å²) in [4.78, 5) is 12.4. The summed E-state index contributed by atoms with van der Waals surface area (Å²) in [5.41, 5.74) is 1.46. The second-order valence-electron chi connectivity index (χ2n) is 6.16. The van der Waals surface area contributed by atoms with Gasteiger partial charge in [-0.05, 0) is 54.6 Å². The van der Waals surface area contributed by atoms with Crippen LogP contribution in [0.3, 0.4) is 0 Å². The van der Waals surface area contributed by atoms with E-state index in [0.29, 0.717) is 27.5 Å². The number of nitrogens with one attached hydrogen (secondary N) is 1. The van der Waals surface area contributed by atoms with Crippen LogP contribution in [-0.2, 0) is 4.79 Å². The lowest BCUT2D eigenvalue weighted by molar-refractivity contribution is -0.113. The molecule has 7 nitrogen and oxygen atoms in total. The van der Waals surface area contributed by atoms with Gasteiger partial charge in [-0.3, -0.25) is 9.36 Å². The van der Waals surface area contributed by atoms with Gasteiger partial charge in [-0.15, -0.1) is 10.2 Å². The number of hydrogen-bond donors (Lipinski definition) is 1. The number of methoxy groups -OCH3 is 1. The van der Waals surface area contributed by atoms with Gasteiger partial charge < -0.3 is 14.5 Å². The molecule has 0 fully saturated rings. The summed E-state index contributed by atoms with van der Waals surface area (Å²) in [5, 5.41) is 12.5. The van der Waals surface area contributed by atoms with Crippen LogP contribution in [0.1, 0.15) is 0 Å². The molecule has 152 valence electrons. The Morgan fingerprint density at radius 2 is 2.00 bits per heavy atom. The molecule has 30 heavy (non-hydrogen) atoms. The lowest BCUT2D eigenvalue weighted by Crippen LogP contribution is -2.14. The topological polar surface area (TPSA) is 82.2 Å². The van der Waals surface area contributed by atoms with Crippen LogP contribution in [0, 0.1) is 0 Å². The van der Waals surface area contributed by atoms with E-state index >= 15 is 0 Å². The van der Waals surface area contributed by atoms with Crippen molar-refractivity contribution in [3.8, 4) is 23.0 Å². The van der Waals surface area contributed by atoms with Crippen molar-refractivity contribution in [2.75, 3.05) is 18.2 Å². The molecule has 0 aliphatic carbocycles. The Hall–Kier alpha value is -3.23. The van der Waals surface area contributed by atoms with Gasteiger partial charge >= 0.3 is 0 Å². The molecule has 0 spiro atoms. The predicted molar refractivity (Wildman–Crippen MR) is 116 cm³/mol. The highest BCUT2D eigenvalue weighted by molar-refractivity contribution is 7.99. The number of thioether (sulfide) groups is 1. The van der Waals surface area contributed by atoms with E-state index in [1.807, 2.05) is 34.9 Å². The number of halogens is 1. The number of aromatic nitrogens is 3. The van der Waals surface area contributed by atoms with Gasteiger partial charge in [0.15, 0.2) is 10.9 Å². The van der Waals surface area contributed by atoms with Crippen LogP contribution in [0.15, 0.2) is 76.5 Å². The molecule has 4 rings (SSSR count). The first kappa shape index (κ1) is 20.1. The van der Waals surface area contributed by atoms with Crippen LogP contribution >= 0.6 is 23.4 Å². The number of rotatable bonds is 7. The van der Waals surface area contributed by atoms with E-state index < -0.39 is 0 Å². The zero-order chi connectivity index (χ0) is 20.9. The maximum absolute atomic E-state index is 12.4. The van der Waals surface area contributed by atoms with Gasteiger partial charge in [0.05, 0.1) is 24.8 Å². The van der Waals surface area contributed by atoms with Crippen molar-refractivity contribution in [2.45, 2.75) is 5.16 Å². The normalized spacial score (nSPS) is 10.7. The van der Waals surface area contributed by atoms with Gasteiger partial charge in [-0.1, -0.05) is 29.4 Å². The van der Waals surface area contributed by atoms with Crippen molar-refractivity contribution in [1.29, 1.82) is 0 Å². The maximum atomic E-state index is 12.4. The Balaban J connectivity index is 1.57. The highest BCUT2D eigenvalue weighted by Crippen LogP contribution is 2.29. The molecule has 1 N–H and O–H groups in total. The van der Waals surface area contributed by atoms with E-state index in [2.05, 4.69) is 15.5 Å². The van der Waals surface area contributed by atoms with E-state index in [1.54, 1.807) is 43.7 Å². The largest absolute Gasteiger partial charge is 0.497 e. The van der Waals surface area contributed by atoms with Gasteiger partial charge in [0.1, 0.15) is 5.75 Å². The van der Waals surface area contributed by atoms with E-state index in [0.717, 1.165) is 11.4 Å². The number of ether oxygens (including phenoxy) is 1. The summed E-state index contributed by atoms with van der Waals surface area (Å²) in [5.74, 6) is 1.84. The van der Waals surface area contributed by atoms with Gasteiger partial charge in [0.2, 0.25) is 11.7 Å². The molecule has 2 heterocycles. The predicted octanol–water partition coefficient (Wildman–Crippen LogP) is 4.92. The number of hydrogen-bond acceptors (Lipinski definition) is 6. The van der Waals surface area contributed by atoms with Crippen LogP contribution in [0.4, 0.5) is 5.69 Å². The van der Waals surface area contributed by atoms with Gasteiger partial charge in [0.25, 0.3) is 0 Å². The SMILES string of the molecule is COc1ccc(-n2c(SCC(=O)Nc3cccc(Cl)c3)nnc2-c2ccco2)cc1. The highest BCUT2D eigenvalue weighted by atomic mass is 35.5. The molecule has 9 heteroatoms. The number of benzene rings is 2. The van der Waals surface area contributed by atoms with Crippen LogP contribution in [0.2, 0.25) is 5.02 Å². The Morgan fingerprint density at radius 1 is 1.17 bits per heavy atom. The van der Waals surface area contributed by atoms with Crippen molar-refractivity contribution in [2.24, 2.45) is 0 Å². The number of amides is 1. The summed E-state index contributed by atoms with van der Waals surface area (Å²) in [7, 11) is 1.61. The lowest BCUT2D eigenvalue weighted by atomic mass is 10.3. The van der Waals surface area contributed by atoms with Crippen molar-refractivity contribution < 1.29 is 13.9 Å². The van der Waals surface area contributed by atoms with E-state index in [1.165, 1.54) is 11.8 Å². The van der Waals surface area contributed by atoms with Gasteiger partial charge in [-0.2, -0.15) is 0 Å². The summed E-state index contributed by atoms with van der Waals surface area (Å²) in [6.07, 6.45) is 1.58. The fraction of sp³-hybridized carbons (Fsp3) is 0.0952. The van der Waals surface area contributed by atoms with Crippen molar-refractivity contribution >= 4 is 35.0 Å². The molecule has 2 aromatic carbocycles. The molecule has 0 saturated heterocycles. The monoisotopic (exact) mass is 440 g/mol. The third-order valence-electron chi connectivity index (χ3n) is 4.15. The molecule has 0 aliphatic heterocycles. The first-order valence-corrected chi connectivity index (χ1v) is 10.3. The second kappa shape index (κ2) is 9.06. The van der Waals surface area contributed by atoms with Crippen LogP contribution < -0.4 is 10.1 Å². The third-order valence-corrected chi connectivity index (χ3v) is 5.31. The summed E-state index contributed by atoms with van der Waals surface area (Å²) in [6.45, 7) is 0. The standard InChI is InChI=1S/C21H17ClN4O3S/c1-28-17-9-7-16(8-10-17)26-20(18-6-3-11-29-18)24-25-21(26)30-13-19(27)23-15-5-2-4-14(22)12-15/h2-12H,13H2,1H3,(H,23,27). The van der Waals surface area contributed by atoms with Crippen LogP contribution in [-0.4, -0.2) is 33.5 Å². The maximum Gasteiger partial charge on any atom is 0.234 e. The highest BCUT2D eigenvalue weighted by Gasteiger charge is 2.19. The fourth-order valence-electron chi connectivity index (χ4n) is 2.79. The zero-order valence-corrected chi connectivity index (χ0v) is 17.5. The number of nitrogens with zero attached hydrogens (tertiary/aromatic N) is 3. The molecule has 2 aromatic heterocycles. The number of carbonyl (C=O) groups is 1. The minimum atomic E-state index is -0.175. The average molecular weight is 441 g/mol. The minimum absolute atomic E-state index is 0.152. The number of carbonyl (C=O) groups excluding carboxylic acids is 1. The lowest BCUT2D eigenvalue weighted by Gasteiger charge is -2.10. The molecule has 0 aliphatic rings. The molecule has 0 saturated carbocycles. The third kappa shape index (κ3) is 4.50. The minimum Gasteiger partial charge on any atom is -0.497 e. The molecule has 0 atom stereocenters. The second-order valence-corrected chi connectivity index (χ2v) is 7.54. The Bertz CT molecular complexity index is 1140. The molecule has 0 bridgehead atoms. The molecule has 0 unspecified atom stereocenters. The molecule has 4 aromatic rings. The number of furan rings is 1. The summed E-state index contributed by atoms with van der Waals surface area (Å²) >= 11 is 7.24. The quantitative estimate of drug-likeness (QED) is 0.411. The van der Waals surface area contributed by atoms with E-state index in [-0.39, 0.29) is 11.7 Å². The van der Waals surface area contributed by atoms with Gasteiger partial charge in [0, 0.05) is 10.7 Å². The Morgan fingerprint density at radius 3 is 2.70 bits per heavy atom. The summed E-state index contributed by atoms with van der Waals surface area (Å²) < 4.78 is 12.6. The van der Waals surface area contributed by atoms with Crippen LogP contribution in [0.5, 0.6) is 5.75 Å².